The minimum atomic E-state index is 0.0498. The van der Waals surface area contributed by atoms with E-state index in [-0.39, 0.29) is 12.1 Å². The number of piperidine rings is 1. The van der Waals surface area contributed by atoms with Gasteiger partial charge in [0.05, 0.1) is 18.8 Å². The largest absolute Gasteiger partial charge is 0.481 e. The van der Waals surface area contributed by atoms with E-state index in [1.165, 1.54) is 5.56 Å². The van der Waals surface area contributed by atoms with Crippen molar-refractivity contribution in [2.45, 2.75) is 70.2 Å². The number of ether oxygens (including phenoxy) is 2. The van der Waals surface area contributed by atoms with Gasteiger partial charge in [0.1, 0.15) is 5.82 Å². The molecule has 1 aliphatic heterocycles. The van der Waals surface area contributed by atoms with Crippen molar-refractivity contribution in [3.8, 4) is 11.8 Å². The Hall–Kier alpha value is -2.18. The summed E-state index contributed by atoms with van der Waals surface area (Å²) in [4.78, 5) is 9.45. The van der Waals surface area contributed by atoms with Crippen molar-refractivity contribution in [2.75, 3.05) is 13.7 Å². The van der Waals surface area contributed by atoms with Crippen LogP contribution in [0, 0.1) is 0 Å². The summed E-state index contributed by atoms with van der Waals surface area (Å²) in [6.07, 6.45) is 4.62. The van der Waals surface area contributed by atoms with Gasteiger partial charge in [0.25, 0.3) is 0 Å². The number of rotatable bonds is 8. The lowest BCUT2D eigenvalue weighted by atomic mass is 9.92. The van der Waals surface area contributed by atoms with Crippen LogP contribution in [0.3, 0.4) is 0 Å². The zero-order valence-electron chi connectivity index (χ0n) is 17.6. The highest BCUT2D eigenvalue weighted by atomic mass is 16.5. The monoisotopic (exact) mass is 396 g/mol. The van der Waals surface area contributed by atoms with Crippen molar-refractivity contribution >= 4 is 0 Å². The normalized spacial score (nSPS) is 21.9. The van der Waals surface area contributed by atoms with Gasteiger partial charge in [0, 0.05) is 24.5 Å². The lowest BCUT2D eigenvalue weighted by Crippen LogP contribution is -2.45. The van der Waals surface area contributed by atoms with Crippen LogP contribution in [0.2, 0.25) is 0 Å². The van der Waals surface area contributed by atoms with Crippen molar-refractivity contribution in [1.29, 1.82) is 0 Å². The molecule has 2 aliphatic rings. The topological polar surface area (TPSA) is 68.3 Å². The predicted octanol–water partition coefficient (Wildman–Crippen LogP) is 3.73. The SMILES string of the molecule is COc1nc(C2CC2)nc(OC(C)C)c1CN[C@H]1CCCN[C@H]1c1ccccc1. The highest BCUT2D eigenvalue weighted by Crippen LogP contribution is 2.40. The fourth-order valence-electron chi connectivity index (χ4n) is 3.98. The number of nitrogens with zero attached hydrogens (tertiary/aromatic N) is 2. The van der Waals surface area contributed by atoms with Crippen molar-refractivity contribution in [1.82, 2.24) is 20.6 Å². The van der Waals surface area contributed by atoms with Crippen molar-refractivity contribution in [2.24, 2.45) is 0 Å². The molecule has 2 N–H and O–H groups in total. The number of nitrogens with one attached hydrogen (secondary N) is 2. The van der Waals surface area contributed by atoms with Gasteiger partial charge in [0.2, 0.25) is 11.8 Å². The Morgan fingerprint density at radius 2 is 1.86 bits per heavy atom. The second kappa shape index (κ2) is 9.09. The number of hydrogen-bond acceptors (Lipinski definition) is 6. The summed E-state index contributed by atoms with van der Waals surface area (Å²) in [5.41, 5.74) is 2.22. The number of methoxy groups -OCH3 is 1. The van der Waals surface area contributed by atoms with Crippen LogP contribution in [-0.4, -0.2) is 35.8 Å². The molecule has 0 amide bonds. The molecule has 29 heavy (non-hydrogen) atoms. The first-order chi connectivity index (χ1) is 14.2. The molecule has 2 fully saturated rings. The predicted molar refractivity (Wildman–Crippen MR) is 113 cm³/mol. The summed E-state index contributed by atoms with van der Waals surface area (Å²) < 4.78 is 11.7. The van der Waals surface area contributed by atoms with E-state index in [1.54, 1.807) is 7.11 Å². The summed E-state index contributed by atoms with van der Waals surface area (Å²) in [5.74, 6) is 2.58. The maximum absolute atomic E-state index is 6.07. The Balaban J connectivity index is 1.56. The molecule has 2 atom stereocenters. The van der Waals surface area contributed by atoms with Crippen LogP contribution in [0.4, 0.5) is 0 Å². The summed E-state index contributed by atoms with van der Waals surface area (Å²) in [7, 11) is 1.68. The third kappa shape index (κ3) is 4.87. The Labute approximate surface area is 173 Å². The van der Waals surface area contributed by atoms with Gasteiger partial charge in [-0.3, -0.25) is 0 Å². The Bertz CT molecular complexity index is 808. The average Bonchev–Trinajstić information content (AvgIpc) is 3.58. The quantitative estimate of drug-likeness (QED) is 0.709. The van der Waals surface area contributed by atoms with E-state index in [4.69, 9.17) is 19.4 Å². The van der Waals surface area contributed by atoms with E-state index >= 15 is 0 Å². The summed E-state index contributed by atoms with van der Waals surface area (Å²) in [5, 5.41) is 7.41. The first-order valence-electron chi connectivity index (χ1n) is 10.8. The molecule has 0 radical (unpaired) electrons. The van der Waals surface area contributed by atoms with Gasteiger partial charge in [-0.25, -0.2) is 0 Å². The first kappa shape index (κ1) is 20.1. The molecule has 4 rings (SSSR count). The summed E-state index contributed by atoms with van der Waals surface area (Å²) >= 11 is 0. The average molecular weight is 397 g/mol. The van der Waals surface area contributed by atoms with Crippen molar-refractivity contribution < 1.29 is 9.47 Å². The molecule has 0 bridgehead atoms. The number of hydrogen-bond donors (Lipinski definition) is 2. The lowest BCUT2D eigenvalue weighted by Gasteiger charge is -2.34. The van der Waals surface area contributed by atoms with Crippen LogP contribution in [0.1, 0.15) is 68.4 Å². The molecule has 1 aromatic carbocycles. The third-order valence-electron chi connectivity index (χ3n) is 5.59. The molecule has 1 aliphatic carbocycles. The maximum Gasteiger partial charge on any atom is 0.225 e. The first-order valence-corrected chi connectivity index (χ1v) is 10.8. The minimum absolute atomic E-state index is 0.0498. The van der Waals surface area contributed by atoms with Crippen LogP contribution < -0.4 is 20.1 Å². The molecule has 1 saturated heterocycles. The van der Waals surface area contributed by atoms with E-state index in [0.29, 0.717) is 30.3 Å². The fraction of sp³-hybridized carbons (Fsp3) is 0.565. The Morgan fingerprint density at radius 1 is 1.10 bits per heavy atom. The van der Waals surface area contributed by atoms with Gasteiger partial charge in [-0.1, -0.05) is 30.3 Å². The van der Waals surface area contributed by atoms with Crippen LogP contribution in [0.15, 0.2) is 30.3 Å². The van der Waals surface area contributed by atoms with E-state index in [2.05, 4.69) is 41.0 Å². The summed E-state index contributed by atoms with van der Waals surface area (Å²) in [6.45, 7) is 5.71. The molecule has 1 aromatic heterocycles. The molecule has 0 unspecified atom stereocenters. The van der Waals surface area contributed by atoms with Gasteiger partial charge >= 0.3 is 0 Å². The Kier molecular flexibility index (Phi) is 6.31. The van der Waals surface area contributed by atoms with Gasteiger partial charge in [-0.15, -0.1) is 0 Å². The summed E-state index contributed by atoms with van der Waals surface area (Å²) in [6, 6.07) is 11.3. The van der Waals surface area contributed by atoms with Crippen molar-refractivity contribution in [3.05, 3.63) is 47.3 Å². The number of benzene rings is 1. The molecular formula is C23H32N4O2. The fourth-order valence-corrected chi connectivity index (χ4v) is 3.98. The highest BCUT2D eigenvalue weighted by Gasteiger charge is 2.31. The van der Waals surface area contributed by atoms with Crippen LogP contribution >= 0.6 is 0 Å². The highest BCUT2D eigenvalue weighted by molar-refractivity contribution is 5.37. The van der Waals surface area contributed by atoms with E-state index in [9.17, 15) is 0 Å². The molecule has 2 heterocycles. The molecule has 0 spiro atoms. The molecular weight excluding hydrogens is 364 g/mol. The molecule has 6 nitrogen and oxygen atoms in total. The second-order valence-electron chi connectivity index (χ2n) is 8.29. The van der Waals surface area contributed by atoms with E-state index in [0.717, 1.165) is 43.6 Å². The zero-order valence-corrected chi connectivity index (χ0v) is 17.6. The van der Waals surface area contributed by atoms with Gasteiger partial charge in [-0.2, -0.15) is 9.97 Å². The molecule has 156 valence electrons. The molecule has 2 aromatic rings. The smallest absolute Gasteiger partial charge is 0.225 e. The zero-order chi connectivity index (χ0) is 20.2. The lowest BCUT2D eigenvalue weighted by molar-refractivity contribution is 0.223. The standard InChI is InChI=1S/C23H32N4O2/c1-15(2)29-23-18(22(28-3)26-21(27-23)17-11-12-17)14-25-19-10-7-13-24-20(19)16-8-5-4-6-9-16/h4-6,8-9,15,17,19-20,24-25H,7,10-14H2,1-3H3/t19-,20-/m0/s1. The number of aromatic nitrogens is 2. The van der Waals surface area contributed by atoms with Gasteiger partial charge in [-0.05, 0) is 51.6 Å². The third-order valence-corrected chi connectivity index (χ3v) is 5.59. The van der Waals surface area contributed by atoms with Crippen LogP contribution in [-0.2, 0) is 6.54 Å². The minimum Gasteiger partial charge on any atom is -0.481 e. The molecule has 1 saturated carbocycles. The Morgan fingerprint density at radius 3 is 2.55 bits per heavy atom. The second-order valence-corrected chi connectivity index (χ2v) is 8.29. The van der Waals surface area contributed by atoms with Crippen molar-refractivity contribution in [3.63, 3.8) is 0 Å². The van der Waals surface area contributed by atoms with Gasteiger partial charge < -0.3 is 20.1 Å². The molecule has 6 heteroatoms. The van der Waals surface area contributed by atoms with Gasteiger partial charge in [0.15, 0.2) is 0 Å². The van der Waals surface area contributed by atoms with Crippen LogP contribution in [0.5, 0.6) is 11.8 Å². The van der Waals surface area contributed by atoms with E-state index < -0.39 is 0 Å². The van der Waals surface area contributed by atoms with Crippen LogP contribution in [0.25, 0.3) is 0 Å². The maximum atomic E-state index is 6.07. The van der Waals surface area contributed by atoms with E-state index in [1.807, 2.05) is 13.8 Å².